The Hall–Kier alpha value is -3.17. The zero-order chi connectivity index (χ0) is 20.9. The maximum Gasteiger partial charge on any atom is 0.313 e. The second kappa shape index (κ2) is 9.10. The summed E-state index contributed by atoms with van der Waals surface area (Å²) in [4.78, 5) is 41.3. The number of amides is 2. The standard InChI is InChI=1S/C21H22N6O2S/c1-26(10-18-12-30-14-24-18)9-15-3-2-4-17(7-15)25-20(28)21(29)27-6-5-16-8-22-13-23-19(16)11-27/h2-4,7-8,12-14H,5-6,9-11H2,1H3,(H,25,28). The molecular weight excluding hydrogens is 400 g/mol. The number of carbonyl (C=O) groups is 2. The van der Waals surface area contributed by atoms with Gasteiger partial charge in [-0.3, -0.25) is 14.5 Å². The van der Waals surface area contributed by atoms with Crippen LogP contribution in [0.4, 0.5) is 5.69 Å². The molecule has 8 nitrogen and oxygen atoms in total. The smallest absolute Gasteiger partial charge is 0.313 e. The molecule has 9 heteroatoms. The lowest BCUT2D eigenvalue weighted by atomic mass is 10.1. The molecule has 0 saturated carbocycles. The van der Waals surface area contributed by atoms with Gasteiger partial charge in [-0.25, -0.2) is 15.0 Å². The lowest BCUT2D eigenvalue weighted by molar-refractivity contribution is -0.143. The summed E-state index contributed by atoms with van der Waals surface area (Å²) in [5.74, 6) is -1.19. The second-order valence-electron chi connectivity index (χ2n) is 7.28. The highest BCUT2D eigenvalue weighted by Gasteiger charge is 2.26. The van der Waals surface area contributed by atoms with Crippen molar-refractivity contribution in [2.24, 2.45) is 0 Å². The van der Waals surface area contributed by atoms with Crippen molar-refractivity contribution in [3.8, 4) is 0 Å². The maximum absolute atomic E-state index is 12.6. The summed E-state index contributed by atoms with van der Waals surface area (Å²) in [5, 5.41) is 4.76. The molecule has 154 valence electrons. The summed E-state index contributed by atoms with van der Waals surface area (Å²) in [6, 6.07) is 7.55. The molecule has 30 heavy (non-hydrogen) atoms. The Morgan fingerprint density at radius 1 is 1.27 bits per heavy atom. The molecule has 0 radical (unpaired) electrons. The van der Waals surface area contributed by atoms with Crippen LogP contribution in [-0.2, 0) is 35.6 Å². The fraction of sp³-hybridized carbons (Fsp3) is 0.286. The van der Waals surface area contributed by atoms with Gasteiger partial charge >= 0.3 is 11.8 Å². The van der Waals surface area contributed by atoms with Gasteiger partial charge < -0.3 is 10.2 Å². The van der Waals surface area contributed by atoms with Crippen molar-refractivity contribution in [3.05, 3.63) is 70.2 Å². The summed E-state index contributed by atoms with van der Waals surface area (Å²) in [6.45, 7) is 2.26. The third-order valence-electron chi connectivity index (χ3n) is 4.91. The first kappa shape index (κ1) is 20.1. The van der Waals surface area contributed by atoms with Gasteiger partial charge in [0.25, 0.3) is 0 Å². The topological polar surface area (TPSA) is 91.3 Å². The van der Waals surface area contributed by atoms with Crippen LogP contribution in [0.5, 0.6) is 0 Å². The van der Waals surface area contributed by atoms with E-state index in [4.69, 9.17) is 0 Å². The van der Waals surface area contributed by atoms with Crippen molar-refractivity contribution in [1.82, 2.24) is 24.8 Å². The van der Waals surface area contributed by atoms with Crippen LogP contribution in [0.2, 0.25) is 0 Å². The van der Waals surface area contributed by atoms with Crippen molar-refractivity contribution in [3.63, 3.8) is 0 Å². The van der Waals surface area contributed by atoms with E-state index in [1.165, 1.54) is 11.2 Å². The average molecular weight is 423 g/mol. The van der Waals surface area contributed by atoms with E-state index in [0.717, 1.165) is 29.1 Å². The molecule has 0 aliphatic carbocycles. The minimum absolute atomic E-state index is 0.325. The van der Waals surface area contributed by atoms with Gasteiger partial charge in [0.05, 0.1) is 23.4 Å². The van der Waals surface area contributed by atoms with Crippen LogP contribution in [0.15, 0.2) is 47.7 Å². The molecule has 0 saturated heterocycles. The molecule has 3 aromatic rings. The Kier molecular flexibility index (Phi) is 6.10. The van der Waals surface area contributed by atoms with Crippen molar-refractivity contribution >= 4 is 28.8 Å². The summed E-state index contributed by atoms with van der Waals surface area (Å²) in [6.07, 6.45) is 3.88. The summed E-state index contributed by atoms with van der Waals surface area (Å²) in [7, 11) is 2.02. The number of thiazole rings is 1. The average Bonchev–Trinajstić information content (AvgIpc) is 3.26. The Morgan fingerprint density at radius 3 is 3.00 bits per heavy atom. The number of aromatic nitrogens is 3. The van der Waals surface area contributed by atoms with E-state index < -0.39 is 11.8 Å². The van der Waals surface area contributed by atoms with Crippen LogP contribution in [0.25, 0.3) is 0 Å². The highest BCUT2D eigenvalue weighted by atomic mass is 32.1. The van der Waals surface area contributed by atoms with Crippen LogP contribution in [0, 0.1) is 0 Å². The van der Waals surface area contributed by atoms with Crippen molar-refractivity contribution in [2.75, 3.05) is 18.9 Å². The van der Waals surface area contributed by atoms with Crippen LogP contribution in [0.1, 0.15) is 22.5 Å². The van der Waals surface area contributed by atoms with Crippen LogP contribution >= 0.6 is 11.3 Å². The monoisotopic (exact) mass is 422 g/mol. The minimum Gasteiger partial charge on any atom is -0.328 e. The van der Waals surface area contributed by atoms with E-state index in [9.17, 15) is 9.59 Å². The third-order valence-corrected chi connectivity index (χ3v) is 5.54. The zero-order valence-electron chi connectivity index (χ0n) is 16.6. The van der Waals surface area contributed by atoms with E-state index in [1.807, 2.05) is 36.1 Å². The SMILES string of the molecule is CN(Cc1cccc(NC(=O)C(=O)N2CCc3cncnc3C2)c1)Cc1cscn1. The molecule has 1 aliphatic heterocycles. The number of nitrogens with zero attached hydrogens (tertiary/aromatic N) is 5. The maximum atomic E-state index is 12.6. The molecule has 0 fully saturated rings. The highest BCUT2D eigenvalue weighted by molar-refractivity contribution is 7.07. The molecule has 0 atom stereocenters. The van der Waals surface area contributed by atoms with Crippen molar-refractivity contribution in [1.29, 1.82) is 0 Å². The molecule has 0 bridgehead atoms. The molecule has 1 aliphatic rings. The first-order valence-corrected chi connectivity index (χ1v) is 10.6. The normalized spacial score (nSPS) is 13.2. The van der Waals surface area contributed by atoms with Crippen LogP contribution in [0.3, 0.4) is 0 Å². The molecular formula is C21H22N6O2S. The van der Waals surface area contributed by atoms with Gasteiger partial charge in [-0.15, -0.1) is 11.3 Å². The van der Waals surface area contributed by atoms with E-state index in [-0.39, 0.29) is 0 Å². The number of hydrogen-bond donors (Lipinski definition) is 1. The zero-order valence-corrected chi connectivity index (χ0v) is 17.4. The Balaban J connectivity index is 1.35. The van der Waals surface area contributed by atoms with Crippen molar-refractivity contribution in [2.45, 2.75) is 26.1 Å². The minimum atomic E-state index is -0.638. The number of hydrogen-bond acceptors (Lipinski definition) is 7. The summed E-state index contributed by atoms with van der Waals surface area (Å²) in [5.41, 5.74) is 6.32. The predicted molar refractivity (Wildman–Crippen MR) is 114 cm³/mol. The molecule has 0 unspecified atom stereocenters. The Morgan fingerprint density at radius 2 is 2.17 bits per heavy atom. The first-order valence-electron chi connectivity index (χ1n) is 9.61. The fourth-order valence-electron chi connectivity index (χ4n) is 3.46. The lowest BCUT2D eigenvalue weighted by Gasteiger charge is -2.27. The second-order valence-corrected chi connectivity index (χ2v) is 8.00. The molecule has 2 aromatic heterocycles. The van der Waals surface area contributed by atoms with Crippen molar-refractivity contribution < 1.29 is 9.59 Å². The molecule has 2 amide bonds. The molecule has 1 N–H and O–H groups in total. The number of carbonyl (C=O) groups excluding carboxylic acids is 2. The molecule has 3 heterocycles. The number of benzene rings is 1. The fourth-order valence-corrected chi connectivity index (χ4v) is 4.01. The first-order chi connectivity index (χ1) is 14.6. The Labute approximate surface area is 178 Å². The Bertz CT molecular complexity index is 1040. The largest absolute Gasteiger partial charge is 0.328 e. The summed E-state index contributed by atoms with van der Waals surface area (Å²) >= 11 is 1.58. The van der Waals surface area contributed by atoms with Crippen LogP contribution < -0.4 is 5.32 Å². The number of fused-ring (bicyclic) bond motifs is 1. The molecule has 0 spiro atoms. The third kappa shape index (κ3) is 4.87. The predicted octanol–water partition coefficient (Wildman–Crippen LogP) is 2.09. The lowest BCUT2D eigenvalue weighted by Crippen LogP contribution is -2.42. The number of nitrogens with one attached hydrogen (secondary N) is 1. The molecule has 4 rings (SSSR count). The van der Waals surface area contributed by atoms with Crippen LogP contribution in [-0.4, -0.2) is 50.2 Å². The van der Waals surface area contributed by atoms with Gasteiger partial charge in [0.15, 0.2) is 0 Å². The van der Waals surface area contributed by atoms with E-state index in [2.05, 4.69) is 25.2 Å². The van der Waals surface area contributed by atoms with E-state index in [0.29, 0.717) is 31.7 Å². The van der Waals surface area contributed by atoms with Gasteiger partial charge in [-0.05, 0) is 36.7 Å². The van der Waals surface area contributed by atoms with Gasteiger partial charge in [0.2, 0.25) is 0 Å². The number of rotatable bonds is 5. The molecule has 1 aromatic carbocycles. The van der Waals surface area contributed by atoms with E-state index >= 15 is 0 Å². The van der Waals surface area contributed by atoms with Gasteiger partial charge in [0.1, 0.15) is 6.33 Å². The summed E-state index contributed by atoms with van der Waals surface area (Å²) < 4.78 is 0. The van der Waals surface area contributed by atoms with Gasteiger partial charge in [-0.1, -0.05) is 12.1 Å². The van der Waals surface area contributed by atoms with Gasteiger partial charge in [-0.2, -0.15) is 0 Å². The highest BCUT2D eigenvalue weighted by Crippen LogP contribution is 2.17. The van der Waals surface area contributed by atoms with E-state index in [1.54, 1.807) is 23.6 Å². The van der Waals surface area contributed by atoms with Gasteiger partial charge in [0, 0.05) is 36.9 Å². The quantitative estimate of drug-likeness (QED) is 0.633. The number of anilines is 1.